The fourth-order valence-electron chi connectivity index (χ4n) is 2.49. The second kappa shape index (κ2) is 9.69. The Morgan fingerprint density at radius 2 is 1.96 bits per heavy atom. The molecule has 1 rings (SSSR count). The molecule has 1 N–H and O–H groups in total. The van der Waals surface area contributed by atoms with E-state index < -0.39 is 13.3 Å². The van der Waals surface area contributed by atoms with E-state index in [2.05, 4.69) is 0 Å². The molecule has 0 amide bonds. The number of carbonyl (C=O) groups is 1. The molecule has 1 aromatic carbocycles. The Morgan fingerprint density at radius 1 is 1.30 bits per heavy atom. The van der Waals surface area contributed by atoms with Gasteiger partial charge in [-0.2, -0.15) is 0 Å². The highest BCUT2D eigenvalue weighted by molar-refractivity contribution is 7.59. The lowest BCUT2D eigenvalue weighted by Gasteiger charge is -2.20. The van der Waals surface area contributed by atoms with Crippen LogP contribution in [0.15, 0.2) is 42.0 Å². The summed E-state index contributed by atoms with van der Waals surface area (Å²) in [6, 6.07) is 9.90. The van der Waals surface area contributed by atoms with Gasteiger partial charge in [-0.1, -0.05) is 50.3 Å². The number of aryl methyl sites for hydroxylation is 1. The summed E-state index contributed by atoms with van der Waals surface area (Å²) < 4.78 is 18.3. The van der Waals surface area contributed by atoms with Gasteiger partial charge in [-0.25, -0.2) is 4.79 Å². The van der Waals surface area contributed by atoms with E-state index in [9.17, 15) is 14.5 Å². The molecule has 0 fully saturated rings. The summed E-state index contributed by atoms with van der Waals surface area (Å²) in [4.78, 5) is 11.5. The zero-order chi connectivity index (χ0) is 17.3. The number of carboxylic acid groups (broad SMARTS) is 1. The third-order valence-electron chi connectivity index (χ3n) is 3.36. The van der Waals surface area contributed by atoms with E-state index in [4.69, 9.17) is 4.52 Å². The van der Waals surface area contributed by atoms with Crippen molar-refractivity contribution in [2.45, 2.75) is 33.6 Å². The van der Waals surface area contributed by atoms with Gasteiger partial charge >= 0.3 is 5.97 Å². The van der Waals surface area contributed by atoms with Crippen LogP contribution < -0.4 is 0 Å². The van der Waals surface area contributed by atoms with Gasteiger partial charge in [0.2, 0.25) is 7.37 Å². The van der Waals surface area contributed by atoms with Gasteiger partial charge in [0.25, 0.3) is 0 Å². The van der Waals surface area contributed by atoms with Gasteiger partial charge < -0.3 is 9.63 Å². The van der Waals surface area contributed by atoms with Crippen LogP contribution in [-0.4, -0.2) is 30.0 Å². The number of hydrogen-bond acceptors (Lipinski definition) is 3. The minimum absolute atomic E-state index is 0.00312. The Hall–Kier alpha value is -1.38. The van der Waals surface area contributed by atoms with Crippen molar-refractivity contribution in [3.05, 3.63) is 47.5 Å². The first-order valence-electron chi connectivity index (χ1n) is 8.05. The van der Waals surface area contributed by atoms with Crippen LogP contribution in [0.2, 0.25) is 0 Å². The molecule has 0 heterocycles. The average Bonchev–Trinajstić information content (AvgIpc) is 2.46. The standard InChI is InChI=1S/C18H27O4P/c1-4-22-23(21,13-15(2)3)14-17(18(19)20)12-8-11-16-9-6-5-7-10-16/h5-7,9-10,12,15H,4,8,11,13-14H2,1-3H3,(H,19,20). The number of hydrogen-bond donors (Lipinski definition) is 1. The molecule has 4 nitrogen and oxygen atoms in total. The van der Waals surface area contributed by atoms with Crippen molar-refractivity contribution >= 4 is 13.3 Å². The lowest BCUT2D eigenvalue weighted by atomic mass is 10.1. The second-order valence-electron chi connectivity index (χ2n) is 6.03. The molecule has 5 heteroatoms. The highest BCUT2D eigenvalue weighted by Gasteiger charge is 2.27. The minimum Gasteiger partial charge on any atom is -0.478 e. The normalized spacial score (nSPS) is 14.7. The van der Waals surface area contributed by atoms with E-state index in [1.807, 2.05) is 44.2 Å². The molecular weight excluding hydrogens is 311 g/mol. The van der Waals surface area contributed by atoms with Crippen LogP contribution in [0.1, 0.15) is 32.8 Å². The Kier molecular flexibility index (Phi) is 8.29. The van der Waals surface area contributed by atoms with Crippen molar-refractivity contribution in [1.82, 2.24) is 0 Å². The van der Waals surface area contributed by atoms with E-state index >= 15 is 0 Å². The largest absolute Gasteiger partial charge is 0.478 e. The second-order valence-corrected chi connectivity index (χ2v) is 8.59. The molecule has 0 radical (unpaired) electrons. The van der Waals surface area contributed by atoms with Crippen LogP contribution in [0.4, 0.5) is 0 Å². The molecule has 0 bridgehead atoms. The zero-order valence-corrected chi connectivity index (χ0v) is 15.1. The van der Waals surface area contributed by atoms with E-state index in [0.717, 1.165) is 12.0 Å². The highest BCUT2D eigenvalue weighted by atomic mass is 31.2. The summed E-state index contributed by atoms with van der Waals surface area (Å²) in [5, 5.41) is 9.39. The first kappa shape index (κ1) is 19.7. The Bertz CT molecular complexity index is 564. The van der Waals surface area contributed by atoms with Crippen molar-refractivity contribution in [3.63, 3.8) is 0 Å². The SMILES string of the molecule is CCOP(=O)(CC(=CCCc1ccccc1)C(=O)O)CC(C)C. The maximum Gasteiger partial charge on any atom is 0.331 e. The lowest BCUT2D eigenvalue weighted by Crippen LogP contribution is -2.12. The zero-order valence-electron chi connectivity index (χ0n) is 14.2. The van der Waals surface area contributed by atoms with Crippen molar-refractivity contribution < 1.29 is 19.0 Å². The average molecular weight is 338 g/mol. The van der Waals surface area contributed by atoms with Crippen molar-refractivity contribution in [2.75, 3.05) is 18.9 Å². The van der Waals surface area contributed by atoms with Gasteiger partial charge in [0.05, 0.1) is 12.8 Å². The first-order valence-corrected chi connectivity index (χ1v) is 10.0. The molecule has 0 spiro atoms. The fraction of sp³-hybridized carbons (Fsp3) is 0.500. The molecule has 0 aliphatic rings. The number of aliphatic carboxylic acids is 1. The Labute approximate surface area is 139 Å². The number of benzene rings is 1. The maximum absolute atomic E-state index is 12.8. The van der Waals surface area contributed by atoms with Crippen LogP contribution in [0, 0.1) is 5.92 Å². The van der Waals surface area contributed by atoms with E-state index in [1.54, 1.807) is 13.0 Å². The predicted octanol–water partition coefficient (Wildman–Crippen LogP) is 4.60. The fourth-order valence-corrected chi connectivity index (χ4v) is 5.18. The summed E-state index contributed by atoms with van der Waals surface area (Å²) in [7, 11) is -2.95. The maximum atomic E-state index is 12.8. The highest BCUT2D eigenvalue weighted by Crippen LogP contribution is 2.50. The topological polar surface area (TPSA) is 63.6 Å². The molecule has 1 atom stereocenters. The third kappa shape index (κ3) is 7.62. The molecular formula is C18H27O4P. The van der Waals surface area contributed by atoms with Gasteiger partial charge in [0.1, 0.15) is 0 Å². The van der Waals surface area contributed by atoms with Crippen molar-refractivity contribution in [1.29, 1.82) is 0 Å². The molecule has 0 aromatic heterocycles. The summed E-state index contributed by atoms with van der Waals surface area (Å²) in [5.74, 6) is -0.812. The number of rotatable bonds is 10. The molecule has 0 aliphatic carbocycles. The van der Waals surface area contributed by atoms with Gasteiger partial charge in [0, 0.05) is 11.7 Å². The van der Waals surface area contributed by atoms with E-state index in [1.165, 1.54) is 0 Å². The summed E-state index contributed by atoms with van der Waals surface area (Å²) in [6.07, 6.45) is 3.47. The minimum atomic E-state index is -2.95. The van der Waals surface area contributed by atoms with Crippen LogP contribution in [0.25, 0.3) is 0 Å². The predicted molar refractivity (Wildman–Crippen MR) is 94.3 cm³/mol. The first-order chi connectivity index (χ1) is 10.9. The monoisotopic (exact) mass is 338 g/mol. The summed E-state index contributed by atoms with van der Waals surface area (Å²) >= 11 is 0. The van der Waals surface area contributed by atoms with Crippen molar-refractivity contribution in [3.8, 4) is 0 Å². The van der Waals surface area contributed by atoms with Crippen molar-refractivity contribution in [2.24, 2.45) is 5.92 Å². The Balaban J connectivity index is 2.77. The molecule has 0 saturated carbocycles. The van der Waals surface area contributed by atoms with Gasteiger partial charge in [0.15, 0.2) is 0 Å². The number of carboxylic acids is 1. The summed E-state index contributed by atoms with van der Waals surface area (Å²) in [6.45, 7) is 6.05. The third-order valence-corrected chi connectivity index (χ3v) is 6.20. The number of allylic oxidation sites excluding steroid dienone is 1. The van der Waals surface area contributed by atoms with E-state index in [-0.39, 0.29) is 17.7 Å². The van der Waals surface area contributed by atoms with Gasteiger partial charge in [-0.05, 0) is 31.2 Å². The van der Waals surface area contributed by atoms with E-state index in [0.29, 0.717) is 19.2 Å². The molecule has 128 valence electrons. The smallest absolute Gasteiger partial charge is 0.331 e. The quantitative estimate of drug-likeness (QED) is 0.500. The lowest BCUT2D eigenvalue weighted by molar-refractivity contribution is -0.132. The van der Waals surface area contributed by atoms with Gasteiger partial charge in [-0.3, -0.25) is 4.57 Å². The molecule has 1 aromatic rings. The van der Waals surface area contributed by atoms with Crippen LogP contribution in [0.3, 0.4) is 0 Å². The Morgan fingerprint density at radius 3 is 2.48 bits per heavy atom. The molecule has 0 aliphatic heterocycles. The van der Waals surface area contributed by atoms with Crippen LogP contribution >= 0.6 is 7.37 Å². The molecule has 0 saturated heterocycles. The summed E-state index contributed by atoms with van der Waals surface area (Å²) in [5.41, 5.74) is 1.35. The molecule has 23 heavy (non-hydrogen) atoms. The van der Waals surface area contributed by atoms with Crippen LogP contribution in [-0.2, 0) is 20.3 Å². The van der Waals surface area contributed by atoms with Crippen LogP contribution in [0.5, 0.6) is 0 Å². The van der Waals surface area contributed by atoms with Gasteiger partial charge in [-0.15, -0.1) is 0 Å². The molecule has 1 unspecified atom stereocenters.